The maximum atomic E-state index is 13.1. The Morgan fingerprint density at radius 1 is 1.03 bits per heavy atom. The van der Waals surface area contributed by atoms with Crippen molar-refractivity contribution in [3.63, 3.8) is 0 Å². The molecule has 3 aliphatic carbocycles. The predicted molar refractivity (Wildman–Crippen MR) is 112 cm³/mol. The number of imide groups is 1. The summed E-state index contributed by atoms with van der Waals surface area (Å²) in [6.07, 6.45) is 4.12. The van der Waals surface area contributed by atoms with E-state index in [1.54, 1.807) is 26.0 Å². The second kappa shape index (κ2) is 6.61. The lowest BCUT2D eigenvalue weighted by molar-refractivity contribution is -0.138. The van der Waals surface area contributed by atoms with Crippen LogP contribution in [0.15, 0.2) is 52.6 Å². The second-order valence-electron chi connectivity index (χ2n) is 9.01. The molecule has 0 aromatic heterocycles. The van der Waals surface area contributed by atoms with E-state index < -0.39 is 17.8 Å². The number of likely N-dealkylation sites (tertiary alicyclic amines) is 1. The van der Waals surface area contributed by atoms with Crippen LogP contribution in [0.4, 0.5) is 0 Å². The van der Waals surface area contributed by atoms with Crippen molar-refractivity contribution in [1.82, 2.24) is 4.90 Å². The summed E-state index contributed by atoms with van der Waals surface area (Å²) in [4.78, 5) is 53.0. The summed E-state index contributed by atoms with van der Waals surface area (Å²) in [5, 5.41) is 10.0. The van der Waals surface area contributed by atoms with Gasteiger partial charge >= 0.3 is 0 Å². The number of hydrogen-bond acceptors (Lipinski definition) is 5. The third-order valence-electron chi connectivity index (χ3n) is 7.34. The molecule has 1 N–H and O–H groups in total. The van der Waals surface area contributed by atoms with Crippen LogP contribution >= 0.6 is 0 Å². The summed E-state index contributed by atoms with van der Waals surface area (Å²) >= 11 is 0. The molecule has 0 saturated carbocycles. The average molecular weight is 417 g/mol. The summed E-state index contributed by atoms with van der Waals surface area (Å²) in [6, 6.07) is 5.19. The van der Waals surface area contributed by atoms with Crippen molar-refractivity contribution in [2.75, 3.05) is 7.05 Å². The molecule has 4 atom stereocenters. The van der Waals surface area contributed by atoms with Gasteiger partial charge in [-0.25, -0.2) is 0 Å². The molecule has 1 saturated heterocycles. The van der Waals surface area contributed by atoms with E-state index in [2.05, 4.69) is 0 Å². The van der Waals surface area contributed by atoms with Crippen molar-refractivity contribution in [2.24, 2.45) is 17.8 Å². The minimum Gasteiger partial charge on any atom is -0.508 e. The molecule has 0 unspecified atom stereocenters. The molecule has 0 radical (unpaired) electrons. The first-order chi connectivity index (χ1) is 14.7. The molecular formula is C25H23NO5. The Kier molecular flexibility index (Phi) is 4.19. The predicted octanol–water partition coefficient (Wildman–Crippen LogP) is 2.76. The SMILES string of the molecule is CC1=CC(=O)C2=C(C[C@@H]3C(=CC[C@@H]4C(=O)N(C)C(=O)[C@@H]43)[C@@H]2c2ccc(O)c(C)c2)C1=O. The molecule has 31 heavy (non-hydrogen) atoms. The lowest BCUT2D eigenvalue weighted by Crippen LogP contribution is -2.39. The number of nitrogens with zero attached hydrogens (tertiary/aromatic N) is 1. The van der Waals surface area contributed by atoms with Gasteiger partial charge in [0.05, 0.1) is 11.8 Å². The number of amides is 2. The summed E-state index contributed by atoms with van der Waals surface area (Å²) in [7, 11) is 1.51. The van der Waals surface area contributed by atoms with Gasteiger partial charge < -0.3 is 5.11 Å². The van der Waals surface area contributed by atoms with Crippen LogP contribution in [0.1, 0.15) is 36.8 Å². The molecule has 1 aliphatic heterocycles. The number of allylic oxidation sites excluding steroid dienone is 6. The molecule has 1 aromatic rings. The highest BCUT2D eigenvalue weighted by Crippen LogP contribution is 2.55. The van der Waals surface area contributed by atoms with Crippen LogP contribution in [0.2, 0.25) is 0 Å². The number of phenols is 1. The minimum absolute atomic E-state index is 0.156. The normalized spacial score (nSPS) is 30.1. The van der Waals surface area contributed by atoms with Gasteiger partial charge in [-0.1, -0.05) is 23.8 Å². The van der Waals surface area contributed by atoms with Gasteiger partial charge in [-0.15, -0.1) is 0 Å². The van der Waals surface area contributed by atoms with Gasteiger partial charge in [-0.3, -0.25) is 24.1 Å². The average Bonchev–Trinajstić information content (AvgIpc) is 2.97. The zero-order chi connectivity index (χ0) is 22.2. The maximum Gasteiger partial charge on any atom is 0.233 e. The fourth-order valence-electron chi connectivity index (χ4n) is 5.78. The zero-order valence-electron chi connectivity index (χ0n) is 17.6. The van der Waals surface area contributed by atoms with E-state index in [0.717, 1.165) is 11.1 Å². The smallest absolute Gasteiger partial charge is 0.233 e. The van der Waals surface area contributed by atoms with Gasteiger partial charge in [-0.2, -0.15) is 0 Å². The lowest BCUT2D eigenvalue weighted by atomic mass is 9.59. The number of phenolic OH excluding ortho intramolecular Hbond substituents is 1. The van der Waals surface area contributed by atoms with Crippen LogP contribution in [0.5, 0.6) is 5.75 Å². The molecule has 2 amide bonds. The van der Waals surface area contributed by atoms with Gasteiger partial charge in [0, 0.05) is 29.7 Å². The maximum absolute atomic E-state index is 13.1. The number of fused-ring (bicyclic) bond motifs is 3. The topological polar surface area (TPSA) is 91.8 Å². The van der Waals surface area contributed by atoms with Crippen molar-refractivity contribution in [3.8, 4) is 5.75 Å². The van der Waals surface area contributed by atoms with Crippen LogP contribution < -0.4 is 0 Å². The number of carbonyl (C=O) groups is 4. The molecule has 6 heteroatoms. The van der Waals surface area contributed by atoms with Crippen molar-refractivity contribution in [3.05, 3.63) is 63.8 Å². The van der Waals surface area contributed by atoms with Crippen molar-refractivity contribution >= 4 is 23.4 Å². The fraction of sp³-hybridized carbons (Fsp3) is 0.360. The Morgan fingerprint density at radius 2 is 1.77 bits per heavy atom. The van der Waals surface area contributed by atoms with Crippen LogP contribution in [-0.2, 0) is 19.2 Å². The molecule has 1 heterocycles. The van der Waals surface area contributed by atoms with E-state index in [1.807, 2.05) is 12.1 Å². The number of carbonyl (C=O) groups excluding carboxylic acids is 4. The number of aryl methyl sites for hydroxylation is 1. The van der Waals surface area contributed by atoms with E-state index >= 15 is 0 Å². The first kappa shape index (κ1) is 19.7. The molecule has 158 valence electrons. The second-order valence-corrected chi connectivity index (χ2v) is 9.01. The van der Waals surface area contributed by atoms with Crippen molar-refractivity contribution in [1.29, 1.82) is 0 Å². The Labute approximate surface area is 179 Å². The third kappa shape index (κ3) is 2.63. The monoisotopic (exact) mass is 417 g/mol. The van der Waals surface area contributed by atoms with Gasteiger partial charge in [0.1, 0.15) is 5.75 Å². The van der Waals surface area contributed by atoms with E-state index in [0.29, 0.717) is 35.1 Å². The fourth-order valence-corrected chi connectivity index (χ4v) is 5.78. The molecular weight excluding hydrogens is 394 g/mol. The minimum atomic E-state index is -0.513. The van der Waals surface area contributed by atoms with Crippen molar-refractivity contribution < 1.29 is 24.3 Å². The van der Waals surface area contributed by atoms with Gasteiger partial charge in [-0.05, 0) is 55.9 Å². The van der Waals surface area contributed by atoms with E-state index in [-0.39, 0.29) is 35.0 Å². The van der Waals surface area contributed by atoms with Crippen LogP contribution in [0, 0.1) is 24.7 Å². The Balaban J connectivity index is 1.72. The first-order valence-electron chi connectivity index (χ1n) is 10.5. The van der Waals surface area contributed by atoms with E-state index in [9.17, 15) is 24.3 Å². The van der Waals surface area contributed by atoms with E-state index in [4.69, 9.17) is 0 Å². The largest absolute Gasteiger partial charge is 0.508 e. The molecule has 5 rings (SSSR count). The van der Waals surface area contributed by atoms with Crippen LogP contribution in [0.3, 0.4) is 0 Å². The molecule has 0 spiro atoms. The Hall–Kier alpha value is -3.28. The quantitative estimate of drug-likeness (QED) is 0.431. The lowest BCUT2D eigenvalue weighted by Gasteiger charge is -2.42. The summed E-state index contributed by atoms with van der Waals surface area (Å²) in [5.41, 5.74) is 3.72. The standard InChI is InChI=1S/C25H23NO5/c1-11-8-13(4-7-18(11)27)20-14-5-6-15-21(25(31)26(3)24(15)30)16(14)10-17-22(20)19(28)9-12(2)23(17)29/h4-5,7-9,15-16,20-21,27H,6,10H2,1-3H3/t15-,16+,20-,21-/m0/s1. The highest BCUT2D eigenvalue weighted by molar-refractivity contribution is 6.23. The highest BCUT2D eigenvalue weighted by Gasteiger charge is 2.55. The molecule has 4 aliphatic rings. The number of ketones is 2. The summed E-state index contributed by atoms with van der Waals surface area (Å²) in [5.74, 6) is -2.28. The number of aromatic hydroxyl groups is 1. The molecule has 6 nitrogen and oxygen atoms in total. The third-order valence-corrected chi connectivity index (χ3v) is 7.34. The summed E-state index contributed by atoms with van der Waals surface area (Å²) < 4.78 is 0. The molecule has 1 fully saturated rings. The van der Waals surface area contributed by atoms with Crippen LogP contribution in [0.25, 0.3) is 0 Å². The summed E-state index contributed by atoms with van der Waals surface area (Å²) in [6.45, 7) is 3.42. The number of hydrogen-bond donors (Lipinski definition) is 1. The van der Waals surface area contributed by atoms with E-state index in [1.165, 1.54) is 18.0 Å². The molecule has 1 aromatic carbocycles. The number of benzene rings is 1. The highest BCUT2D eigenvalue weighted by atomic mass is 16.3. The number of Topliss-reactive ketones (excluding diaryl/α,β-unsaturated/α-hetero) is 1. The zero-order valence-corrected chi connectivity index (χ0v) is 17.6. The Bertz CT molecular complexity index is 1180. The first-order valence-corrected chi connectivity index (χ1v) is 10.5. The number of rotatable bonds is 1. The van der Waals surface area contributed by atoms with Gasteiger partial charge in [0.15, 0.2) is 11.6 Å². The van der Waals surface area contributed by atoms with Crippen LogP contribution in [-0.4, -0.2) is 40.4 Å². The van der Waals surface area contributed by atoms with Crippen molar-refractivity contribution in [2.45, 2.75) is 32.6 Å². The molecule has 0 bridgehead atoms. The van der Waals surface area contributed by atoms with Gasteiger partial charge in [0.2, 0.25) is 11.8 Å². The Morgan fingerprint density at radius 3 is 2.48 bits per heavy atom. The van der Waals surface area contributed by atoms with Gasteiger partial charge in [0.25, 0.3) is 0 Å².